The van der Waals surface area contributed by atoms with Crippen molar-refractivity contribution in [3.8, 4) is 11.1 Å². The van der Waals surface area contributed by atoms with E-state index in [-0.39, 0.29) is 11.2 Å². The molecule has 0 aliphatic rings. The van der Waals surface area contributed by atoms with E-state index in [1.807, 2.05) is 79.7 Å². The zero-order valence-electron chi connectivity index (χ0n) is 18.2. The Morgan fingerprint density at radius 2 is 1.59 bits per heavy atom. The third-order valence-corrected chi connectivity index (χ3v) is 6.32. The highest BCUT2D eigenvalue weighted by Crippen LogP contribution is 2.29. The van der Waals surface area contributed by atoms with Crippen LogP contribution in [0.3, 0.4) is 0 Å². The maximum absolute atomic E-state index is 13.0. The van der Waals surface area contributed by atoms with Gasteiger partial charge in [-0.1, -0.05) is 90.6 Å². The second kappa shape index (κ2) is 10.3. The number of carbonyl (C=O) groups excluding carboxylic acids is 1. The fourth-order valence-corrected chi connectivity index (χ4v) is 4.47. The summed E-state index contributed by atoms with van der Waals surface area (Å²) in [7, 11) is 0. The molecule has 1 N–H and O–H groups in total. The highest BCUT2D eigenvalue weighted by Gasteiger charge is 2.21. The Balaban J connectivity index is 1.47. The van der Waals surface area contributed by atoms with E-state index in [0.717, 1.165) is 34.3 Å². The Kier molecular flexibility index (Phi) is 7.02. The lowest BCUT2D eigenvalue weighted by molar-refractivity contribution is -0.115. The van der Waals surface area contributed by atoms with Crippen LogP contribution in [0.1, 0.15) is 25.2 Å². The fourth-order valence-electron chi connectivity index (χ4n) is 3.54. The molecule has 0 aliphatic carbocycles. The van der Waals surface area contributed by atoms with Gasteiger partial charge < -0.3 is 9.88 Å². The Morgan fingerprint density at radius 1 is 0.938 bits per heavy atom. The highest BCUT2D eigenvalue weighted by molar-refractivity contribution is 8.00. The summed E-state index contributed by atoms with van der Waals surface area (Å²) in [5.74, 6) is 0.844. The topological polar surface area (TPSA) is 59.8 Å². The van der Waals surface area contributed by atoms with E-state index < -0.39 is 0 Å². The van der Waals surface area contributed by atoms with Crippen LogP contribution in [0.4, 0.5) is 5.69 Å². The van der Waals surface area contributed by atoms with Crippen LogP contribution in [0.5, 0.6) is 0 Å². The molecule has 32 heavy (non-hydrogen) atoms. The summed E-state index contributed by atoms with van der Waals surface area (Å²) in [5.41, 5.74) is 4.06. The molecule has 0 saturated heterocycles. The second-order valence-corrected chi connectivity index (χ2v) is 8.77. The lowest BCUT2D eigenvalue weighted by atomic mass is 10.0. The normalized spacial score (nSPS) is 11.8. The van der Waals surface area contributed by atoms with Crippen LogP contribution >= 0.6 is 11.8 Å². The van der Waals surface area contributed by atoms with Gasteiger partial charge in [0, 0.05) is 24.2 Å². The van der Waals surface area contributed by atoms with Crippen molar-refractivity contribution >= 4 is 23.4 Å². The molecule has 0 bridgehead atoms. The number of benzene rings is 3. The van der Waals surface area contributed by atoms with Gasteiger partial charge in [0.2, 0.25) is 5.91 Å². The first-order valence-electron chi connectivity index (χ1n) is 10.7. The van der Waals surface area contributed by atoms with Gasteiger partial charge >= 0.3 is 0 Å². The number of carbonyl (C=O) groups is 1. The number of anilines is 1. The van der Waals surface area contributed by atoms with Gasteiger partial charge in [-0.05, 0) is 31.0 Å². The maximum Gasteiger partial charge on any atom is 0.237 e. The SMILES string of the molecule is CCn1c(Cc2ccccc2)nnc1S[C@H](C)C(=O)Nc1ccccc1-c1ccccc1. The van der Waals surface area contributed by atoms with Crippen LogP contribution < -0.4 is 5.32 Å². The average molecular weight is 443 g/mol. The third-order valence-electron chi connectivity index (χ3n) is 5.24. The van der Waals surface area contributed by atoms with Gasteiger partial charge in [0.15, 0.2) is 5.16 Å². The summed E-state index contributed by atoms with van der Waals surface area (Å²) >= 11 is 1.43. The van der Waals surface area contributed by atoms with Gasteiger partial charge in [-0.3, -0.25) is 4.79 Å². The van der Waals surface area contributed by atoms with E-state index in [4.69, 9.17) is 0 Å². The first-order chi connectivity index (χ1) is 15.7. The smallest absolute Gasteiger partial charge is 0.237 e. The van der Waals surface area contributed by atoms with Crippen molar-refractivity contribution in [3.05, 3.63) is 96.3 Å². The number of aromatic nitrogens is 3. The molecule has 0 fully saturated rings. The quantitative estimate of drug-likeness (QED) is 0.357. The standard InChI is InChI=1S/C26H26N4OS/c1-3-30-24(18-20-12-6-4-7-13-20)28-29-26(30)32-19(2)25(31)27-23-17-11-10-16-22(23)21-14-8-5-9-15-21/h4-17,19H,3,18H2,1-2H3,(H,27,31)/t19-/m1/s1. The highest BCUT2D eigenvalue weighted by atomic mass is 32.2. The van der Waals surface area contributed by atoms with E-state index in [1.54, 1.807) is 0 Å². The molecule has 3 aromatic carbocycles. The first-order valence-corrected chi connectivity index (χ1v) is 11.6. The molecule has 0 aliphatic heterocycles. The van der Waals surface area contributed by atoms with Crippen molar-refractivity contribution in [1.29, 1.82) is 0 Å². The minimum atomic E-state index is -0.321. The molecule has 162 valence electrons. The molecule has 0 spiro atoms. The molecule has 4 aromatic rings. The van der Waals surface area contributed by atoms with Gasteiger partial charge in [0.25, 0.3) is 0 Å². The molecule has 0 saturated carbocycles. The lowest BCUT2D eigenvalue weighted by Crippen LogP contribution is -2.23. The maximum atomic E-state index is 13.0. The van der Waals surface area contributed by atoms with Crippen molar-refractivity contribution in [2.45, 2.75) is 37.2 Å². The summed E-state index contributed by atoms with van der Waals surface area (Å²) in [4.78, 5) is 13.0. The van der Waals surface area contributed by atoms with Crippen molar-refractivity contribution in [2.24, 2.45) is 0 Å². The number of thioether (sulfide) groups is 1. The minimum Gasteiger partial charge on any atom is -0.325 e. The number of hydrogen-bond donors (Lipinski definition) is 1. The van der Waals surface area contributed by atoms with Crippen molar-refractivity contribution < 1.29 is 4.79 Å². The molecule has 0 unspecified atom stereocenters. The average Bonchev–Trinajstić information content (AvgIpc) is 3.21. The van der Waals surface area contributed by atoms with Gasteiger partial charge in [0.05, 0.1) is 5.25 Å². The summed E-state index contributed by atoms with van der Waals surface area (Å²) in [6, 6.07) is 28.2. The molecule has 1 atom stereocenters. The second-order valence-electron chi connectivity index (χ2n) is 7.47. The summed E-state index contributed by atoms with van der Waals surface area (Å²) in [5, 5.41) is 12.3. The Bertz CT molecular complexity index is 1170. The van der Waals surface area contributed by atoms with Crippen LogP contribution in [-0.4, -0.2) is 25.9 Å². The van der Waals surface area contributed by atoms with Gasteiger partial charge in [-0.2, -0.15) is 0 Å². The monoisotopic (exact) mass is 442 g/mol. The van der Waals surface area contributed by atoms with Crippen LogP contribution in [0.25, 0.3) is 11.1 Å². The van der Waals surface area contributed by atoms with E-state index in [9.17, 15) is 4.79 Å². The fraction of sp³-hybridized carbons (Fsp3) is 0.192. The zero-order valence-corrected chi connectivity index (χ0v) is 19.0. The predicted octanol–water partition coefficient (Wildman–Crippen LogP) is 5.68. The first kappa shape index (κ1) is 21.8. The van der Waals surface area contributed by atoms with E-state index in [0.29, 0.717) is 6.42 Å². The number of para-hydroxylation sites is 1. The van der Waals surface area contributed by atoms with Crippen LogP contribution in [0.2, 0.25) is 0 Å². The van der Waals surface area contributed by atoms with Gasteiger partial charge in [-0.15, -0.1) is 10.2 Å². The molecule has 1 heterocycles. The van der Waals surface area contributed by atoms with E-state index in [1.165, 1.54) is 17.3 Å². The van der Waals surface area contributed by atoms with Gasteiger partial charge in [0.1, 0.15) is 5.82 Å². The zero-order chi connectivity index (χ0) is 22.3. The summed E-state index contributed by atoms with van der Waals surface area (Å²) in [6.45, 7) is 4.72. The largest absolute Gasteiger partial charge is 0.325 e. The van der Waals surface area contributed by atoms with Gasteiger partial charge in [-0.25, -0.2) is 0 Å². The van der Waals surface area contributed by atoms with E-state index in [2.05, 4.69) is 39.1 Å². The Hall–Kier alpha value is -3.38. The molecular weight excluding hydrogens is 416 g/mol. The molecule has 6 heteroatoms. The van der Waals surface area contributed by atoms with E-state index >= 15 is 0 Å². The van der Waals surface area contributed by atoms with Crippen molar-refractivity contribution in [1.82, 2.24) is 14.8 Å². The Morgan fingerprint density at radius 3 is 2.31 bits per heavy atom. The predicted molar refractivity (Wildman–Crippen MR) is 131 cm³/mol. The molecule has 4 rings (SSSR count). The van der Waals surface area contributed by atoms with Crippen LogP contribution in [0.15, 0.2) is 90.1 Å². The molecule has 0 radical (unpaired) electrons. The molecule has 1 aromatic heterocycles. The number of nitrogens with one attached hydrogen (secondary N) is 1. The van der Waals surface area contributed by atoms with Crippen molar-refractivity contribution in [2.75, 3.05) is 5.32 Å². The van der Waals surface area contributed by atoms with Crippen molar-refractivity contribution in [3.63, 3.8) is 0 Å². The summed E-state index contributed by atoms with van der Waals surface area (Å²) < 4.78 is 2.08. The number of nitrogens with zero attached hydrogens (tertiary/aromatic N) is 3. The number of rotatable bonds is 8. The molecule has 1 amide bonds. The van der Waals surface area contributed by atoms with Crippen LogP contribution in [0, 0.1) is 0 Å². The minimum absolute atomic E-state index is 0.0614. The lowest BCUT2D eigenvalue weighted by Gasteiger charge is -2.15. The number of hydrogen-bond acceptors (Lipinski definition) is 4. The summed E-state index contributed by atoms with van der Waals surface area (Å²) in [6.07, 6.45) is 0.716. The molecule has 5 nitrogen and oxygen atoms in total. The Labute approximate surface area is 192 Å². The number of amides is 1. The third kappa shape index (κ3) is 5.08. The molecular formula is C26H26N4OS. The van der Waals surface area contributed by atoms with Crippen LogP contribution in [-0.2, 0) is 17.8 Å².